The van der Waals surface area contributed by atoms with Gasteiger partial charge in [0.1, 0.15) is 17.3 Å². The number of rotatable bonds is 7. The molecule has 1 aromatic rings. The summed E-state index contributed by atoms with van der Waals surface area (Å²) in [6.07, 6.45) is 4.17. The van der Waals surface area contributed by atoms with Crippen molar-refractivity contribution in [3.8, 4) is 0 Å². The van der Waals surface area contributed by atoms with Crippen LogP contribution in [-0.4, -0.2) is 48.0 Å². The number of hydrogen-bond acceptors (Lipinski definition) is 4. The fraction of sp³-hybridized carbons (Fsp3) is 0.643. The van der Waals surface area contributed by atoms with Gasteiger partial charge in [-0.25, -0.2) is 9.97 Å². The summed E-state index contributed by atoms with van der Waals surface area (Å²) in [5, 5.41) is 0.482. The van der Waals surface area contributed by atoms with Crippen molar-refractivity contribution in [2.24, 2.45) is 0 Å². The number of carbonyl (C=O) groups excluding carboxylic acids is 1. The third-order valence-corrected chi connectivity index (χ3v) is 3.31. The van der Waals surface area contributed by atoms with Crippen LogP contribution in [0.5, 0.6) is 0 Å². The van der Waals surface area contributed by atoms with Crippen LogP contribution < -0.4 is 4.90 Å². The molecule has 0 saturated heterocycles. The molecule has 1 rings (SSSR count). The van der Waals surface area contributed by atoms with E-state index in [9.17, 15) is 4.79 Å². The third kappa shape index (κ3) is 4.34. The topological polar surface area (TPSA) is 49.3 Å². The smallest absolute Gasteiger partial charge is 0.241 e. The largest absolute Gasteiger partial charge is 0.347 e. The fourth-order valence-corrected chi connectivity index (χ4v) is 2.18. The maximum Gasteiger partial charge on any atom is 0.241 e. The van der Waals surface area contributed by atoms with Gasteiger partial charge in [-0.05, 0) is 12.8 Å². The Morgan fingerprint density at radius 3 is 2.50 bits per heavy atom. The van der Waals surface area contributed by atoms with E-state index in [4.69, 9.17) is 11.6 Å². The zero-order valence-corrected chi connectivity index (χ0v) is 13.4. The van der Waals surface area contributed by atoms with Crippen LogP contribution in [0.3, 0.4) is 0 Å². The zero-order chi connectivity index (χ0) is 15.1. The number of aromatic nitrogens is 2. The Morgan fingerprint density at radius 2 is 1.95 bits per heavy atom. The average molecular weight is 299 g/mol. The van der Waals surface area contributed by atoms with Crippen molar-refractivity contribution in [2.45, 2.75) is 33.1 Å². The van der Waals surface area contributed by atoms with Gasteiger partial charge in [0.2, 0.25) is 5.91 Å². The summed E-state index contributed by atoms with van der Waals surface area (Å²) in [4.78, 5) is 23.9. The first-order valence-electron chi connectivity index (χ1n) is 6.95. The highest BCUT2D eigenvalue weighted by Crippen LogP contribution is 2.25. The molecule has 112 valence electrons. The maximum absolute atomic E-state index is 12.0. The second-order valence-electron chi connectivity index (χ2n) is 4.93. The van der Waals surface area contributed by atoms with Crippen LogP contribution in [-0.2, 0) is 11.2 Å². The lowest BCUT2D eigenvalue weighted by molar-refractivity contribution is -0.127. The highest BCUT2D eigenvalue weighted by Gasteiger charge is 2.18. The highest BCUT2D eigenvalue weighted by molar-refractivity contribution is 6.30. The third-order valence-electron chi connectivity index (χ3n) is 2.99. The van der Waals surface area contributed by atoms with Gasteiger partial charge in [-0.2, -0.15) is 0 Å². The number of carbonyl (C=O) groups is 1. The van der Waals surface area contributed by atoms with Crippen LogP contribution in [0.2, 0.25) is 5.15 Å². The zero-order valence-electron chi connectivity index (χ0n) is 12.7. The van der Waals surface area contributed by atoms with Crippen LogP contribution in [0.4, 0.5) is 5.82 Å². The summed E-state index contributed by atoms with van der Waals surface area (Å²) in [7, 11) is 3.51. The Labute approximate surface area is 126 Å². The quantitative estimate of drug-likeness (QED) is 0.725. The van der Waals surface area contributed by atoms with Crippen LogP contribution in [0.15, 0.2) is 6.33 Å². The van der Waals surface area contributed by atoms with Crippen LogP contribution in [0.25, 0.3) is 0 Å². The molecule has 0 spiro atoms. The van der Waals surface area contributed by atoms with Crippen molar-refractivity contribution >= 4 is 23.3 Å². The Balaban J connectivity index is 3.07. The van der Waals surface area contributed by atoms with Crippen molar-refractivity contribution in [3.63, 3.8) is 0 Å². The summed E-state index contributed by atoms with van der Waals surface area (Å²) < 4.78 is 0. The van der Waals surface area contributed by atoms with Gasteiger partial charge < -0.3 is 9.80 Å². The normalized spacial score (nSPS) is 10.4. The number of hydrogen-bond donors (Lipinski definition) is 0. The van der Waals surface area contributed by atoms with Gasteiger partial charge in [-0.3, -0.25) is 4.79 Å². The molecule has 0 aliphatic heterocycles. The molecule has 1 amide bonds. The number of halogens is 1. The lowest BCUT2D eigenvalue weighted by Crippen LogP contribution is -2.38. The van der Waals surface area contributed by atoms with Crippen LogP contribution in [0.1, 0.15) is 32.3 Å². The van der Waals surface area contributed by atoms with Crippen molar-refractivity contribution in [1.82, 2.24) is 14.9 Å². The standard InChI is InChI=1S/C14H23ClN4O/c1-5-7-11-13(15)16-10-17-14(11)19(8-6-2)9-12(20)18(3)4/h10H,5-9H2,1-4H3. The lowest BCUT2D eigenvalue weighted by Gasteiger charge is -2.26. The first kappa shape index (κ1) is 16.7. The predicted molar refractivity (Wildman–Crippen MR) is 82.2 cm³/mol. The van der Waals surface area contributed by atoms with Crippen molar-refractivity contribution in [1.29, 1.82) is 0 Å². The Kier molecular flexibility index (Phi) is 6.71. The molecule has 0 aromatic carbocycles. The van der Waals surface area contributed by atoms with E-state index in [1.54, 1.807) is 19.0 Å². The van der Waals surface area contributed by atoms with E-state index in [1.807, 2.05) is 4.90 Å². The van der Waals surface area contributed by atoms with Crippen molar-refractivity contribution in [2.75, 3.05) is 32.1 Å². The molecule has 0 bridgehead atoms. The summed E-state index contributed by atoms with van der Waals surface area (Å²) in [6, 6.07) is 0. The Bertz CT molecular complexity index is 451. The number of nitrogens with zero attached hydrogens (tertiary/aromatic N) is 4. The second kappa shape index (κ2) is 8.04. The molecule has 0 fully saturated rings. The van der Waals surface area contributed by atoms with Gasteiger partial charge in [-0.1, -0.05) is 31.9 Å². The SMILES string of the molecule is CCCc1c(Cl)ncnc1N(CCC)CC(=O)N(C)C. The van der Waals surface area contributed by atoms with Crippen LogP contribution >= 0.6 is 11.6 Å². The molecule has 0 radical (unpaired) electrons. The molecule has 5 nitrogen and oxygen atoms in total. The molecule has 20 heavy (non-hydrogen) atoms. The monoisotopic (exact) mass is 298 g/mol. The van der Waals surface area contributed by atoms with E-state index in [1.165, 1.54) is 6.33 Å². The van der Waals surface area contributed by atoms with E-state index in [0.29, 0.717) is 11.7 Å². The fourth-order valence-electron chi connectivity index (χ4n) is 1.95. The molecule has 0 aliphatic carbocycles. The second-order valence-corrected chi connectivity index (χ2v) is 5.28. The van der Waals surface area contributed by atoms with Gasteiger partial charge in [0.25, 0.3) is 0 Å². The number of amides is 1. The van der Waals surface area contributed by atoms with E-state index >= 15 is 0 Å². The Hall–Kier alpha value is -1.36. The van der Waals surface area contributed by atoms with E-state index in [0.717, 1.165) is 37.2 Å². The molecular formula is C14H23ClN4O. The Morgan fingerprint density at radius 1 is 1.25 bits per heavy atom. The molecular weight excluding hydrogens is 276 g/mol. The molecule has 6 heteroatoms. The minimum atomic E-state index is 0.0515. The molecule has 0 unspecified atom stereocenters. The van der Waals surface area contributed by atoms with Gasteiger partial charge in [-0.15, -0.1) is 0 Å². The molecule has 0 atom stereocenters. The molecule has 0 aliphatic rings. The van der Waals surface area contributed by atoms with E-state index in [2.05, 4.69) is 23.8 Å². The van der Waals surface area contributed by atoms with Crippen LogP contribution in [0, 0.1) is 0 Å². The number of likely N-dealkylation sites (N-methyl/N-ethyl adjacent to an activating group) is 1. The highest BCUT2D eigenvalue weighted by atomic mass is 35.5. The minimum Gasteiger partial charge on any atom is -0.347 e. The summed E-state index contributed by atoms with van der Waals surface area (Å²) in [5.41, 5.74) is 0.927. The number of anilines is 1. The van der Waals surface area contributed by atoms with Gasteiger partial charge in [0.05, 0.1) is 6.54 Å². The molecule has 1 aromatic heterocycles. The summed E-state index contributed by atoms with van der Waals surface area (Å²) >= 11 is 6.18. The summed E-state index contributed by atoms with van der Waals surface area (Å²) in [5.74, 6) is 0.833. The maximum atomic E-state index is 12.0. The van der Waals surface area contributed by atoms with E-state index < -0.39 is 0 Å². The molecule has 1 heterocycles. The molecule has 0 saturated carbocycles. The van der Waals surface area contributed by atoms with Crippen molar-refractivity contribution in [3.05, 3.63) is 17.0 Å². The first-order chi connectivity index (χ1) is 9.51. The predicted octanol–water partition coefficient (Wildman–Crippen LogP) is 2.39. The lowest BCUT2D eigenvalue weighted by atomic mass is 10.1. The van der Waals surface area contributed by atoms with Gasteiger partial charge >= 0.3 is 0 Å². The van der Waals surface area contributed by atoms with E-state index in [-0.39, 0.29) is 5.91 Å². The van der Waals surface area contributed by atoms with Gasteiger partial charge in [0, 0.05) is 26.2 Å². The first-order valence-corrected chi connectivity index (χ1v) is 7.33. The van der Waals surface area contributed by atoms with Crippen molar-refractivity contribution < 1.29 is 4.79 Å². The minimum absolute atomic E-state index is 0.0515. The molecule has 0 N–H and O–H groups in total. The average Bonchev–Trinajstić information content (AvgIpc) is 2.40. The van der Waals surface area contributed by atoms with Gasteiger partial charge in [0.15, 0.2) is 0 Å². The summed E-state index contributed by atoms with van der Waals surface area (Å²) in [6.45, 7) is 5.24.